The molecule has 0 fully saturated rings. The monoisotopic (exact) mass is 175 g/mol. The van der Waals surface area contributed by atoms with Gasteiger partial charge in [-0.25, -0.2) is 0 Å². The van der Waals surface area contributed by atoms with Gasteiger partial charge in [0.15, 0.2) is 0 Å². The number of hydrogen-bond donors (Lipinski definition) is 1. The summed E-state index contributed by atoms with van der Waals surface area (Å²) in [6.45, 7) is 4.34. The van der Waals surface area contributed by atoms with Gasteiger partial charge in [-0.15, -0.1) is 0 Å². The average molecular weight is 175 g/mol. The van der Waals surface area contributed by atoms with E-state index in [1.165, 1.54) is 35.1 Å². The van der Waals surface area contributed by atoms with Gasteiger partial charge in [-0.05, 0) is 49.8 Å². The molecular weight excluding hydrogens is 158 g/mol. The molecule has 1 aromatic carbocycles. The Bertz CT molecular complexity index is 328. The molecule has 0 spiro atoms. The van der Waals surface area contributed by atoms with Crippen molar-refractivity contribution in [2.75, 3.05) is 0 Å². The van der Waals surface area contributed by atoms with Crippen LogP contribution in [-0.4, -0.2) is 0 Å². The maximum atomic E-state index is 6.10. The molecule has 0 bridgehead atoms. The lowest BCUT2D eigenvalue weighted by Gasteiger charge is -2.24. The lowest BCUT2D eigenvalue weighted by molar-refractivity contribution is 0.567. The smallest absolute Gasteiger partial charge is 0.0300 e. The van der Waals surface area contributed by atoms with Gasteiger partial charge in [0, 0.05) is 6.04 Å². The van der Waals surface area contributed by atoms with Crippen LogP contribution in [0.1, 0.15) is 41.1 Å². The van der Waals surface area contributed by atoms with E-state index in [2.05, 4.69) is 26.0 Å². The van der Waals surface area contributed by atoms with E-state index >= 15 is 0 Å². The van der Waals surface area contributed by atoms with Crippen molar-refractivity contribution in [3.8, 4) is 0 Å². The molecule has 0 aliphatic heterocycles. The first kappa shape index (κ1) is 8.76. The van der Waals surface area contributed by atoms with Crippen LogP contribution in [0.25, 0.3) is 0 Å². The molecule has 1 aromatic rings. The maximum Gasteiger partial charge on any atom is 0.0300 e. The first-order valence-corrected chi connectivity index (χ1v) is 5.04. The van der Waals surface area contributed by atoms with Crippen molar-refractivity contribution in [1.29, 1.82) is 0 Å². The molecule has 1 unspecified atom stereocenters. The van der Waals surface area contributed by atoms with E-state index in [0.717, 1.165) is 6.42 Å². The van der Waals surface area contributed by atoms with Gasteiger partial charge in [0.05, 0.1) is 0 Å². The summed E-state index contributed by atoms with van der Waals surface area (Å²) in [6, 6.07) is 4.81. The third kappa shape index (κ3) is 1.49. The number of aryl methyl sites for hydroxylation is 3. The average Bonchev–Trinajstić information content (AvgIpc) is 2.02. The fourth-order valence-corrected chi connectivity index (χ4v) is 2.46. The van der Waals surface area contributed by atoms with Crippen LogP contribution in [0.4, 0.5) is 0 Å². The maximum absolute atomic E-state index is 6.10. The van der Waals surface area contributed by atoms with E-state index in [0.29, 0.717) is 0 Å². The van der Waals surface area contributed by atoms with Crippen LogP contribution in [-0.2, 0) is 6.42 Å². The van der Waals surface area contributed by atoms with Gasteiger partial charge in [0.25, 0.3) is 0 Å². The van der Waals surface area contributed by atoms with E-state index in [-0.39, 0.29) is 6.04 Å². The third-order valence-electron chi connectivity index (χ3n) is 2.95. The van der Waals surface area contributed by atoms with Gasteiger partial charge < -0.3 is 5.73 Å². The molecule has 0 saturated heterocycles. The van der Waals surface area contributed by atoms with Crippen molar-refractivity contribution in [3.05, 3.63) is 34.4 Å². The van der Waals surface area contributed by atoms with Gasteiger partial charge in [0.2, 0.25) is 0 Å². The summed E-state index contributed by atoms with van der Waals surface area (Å²) in [6.07, 6.45) is 3.61. The Hall–Kier alpha value is -0.820. The van der Waals surface area contributed by atoms with Crippen LogP contribution in [0.2, 0.25) is 0 Å². The lowest BCUT2D eigenvalue weighted by atomic mass is 9.84. The van der Waals surface area contributed by atoms with Crippen molar-refractivity contribution < 1.29 is 0 Å². The van der Waals surface area contributed by atoms with Crippen LogP contribution in [0, 0.1) is 13.8 Å². The lowest BCUT2D eigenvalue weighted by Crippen LogP contribution is -2.18. The summed E-state index contributed by atoms with van der Waals surface area (Å²) in [5, 5.41) is 0. The summed E-state index contributed by atoms with van der Waals surface area (Å²) in [7, 11) is 0. The molecule has 1 atom stereocenters. The van der Waals surface area contributed by atoms with Crippen molar-refractivity contribution in [3.63, 3.8) is 0 Å². The van der Waals surface area contributed by atoms with E-state index < -0.39 is 0 Å². The SMILES string of the molecule is Cc1cc(C)c2c(c1)CCCC2N. The first-order valence-electron chi connectivity index (χ1n) is 5.04. The van der Waals surface area contributed by atoms with Crippen LogP contribution < -0.4 is 5.73 Å². The second kappa shape index (κ2) is 3.15. The van der Waals surface area contributed by atoms with Gasteiger partial charge >= 0.3 is 0 Å². The predicted octanol–water partition coefficient (Wildman–Crippen LogP) is 2.64. The predicted molar refractivity (Wildman–Crippen MR) is 55.8 cm³/mol. The third-order valence-corrected chi connectivity index (χ3v) is 2.95. The molecule has 0 radical (unpaired) electrons. The van der Waals surface area contributed by atoms with Gasteiger partial charge in [-0.2, -0.15) is 0 Å². The molecule has 70 valence electrons. The Morgan fingerprint density at radius 3 is 2.85 bits per heavy atom. The van der Waals surface area contributed by atoms with Crippen LogP contribution in [0.15, 0.2) is 12.1 Å². The first-order chi connectivity index (χ1) is 6.18. The van der Waals surface area contributed by atoms with Gasteiger partial charge in [0.1, 0.15) is 0 Å². The molecule has 2 rings (SSSR count). The molecule has 1 nitrogen and oxygen atoms in total. The zero-order valence-electron chi connectivity index (χ0n) is 8.43. The highest BCUT2D eigenvalue weighted by atomic mass is 14.6. The highest BCUT2D eigenvalue weighted by Crippen LogP contribution is 2.31. The fourth-order valence-electron chi connectivity index (χ4n) is 2.46. The Morgan fingerprint density at radius 2 is 2.08 bits per heavy atom. The minimum Gasteiger partial charge on any atom is -0.324 e. The summed E-state index contributed by atoms with van der Waals surface area (Å²) in [5.41, 5.74) is 11.7. The molecule has 1 aliphatic carbocycles. The van der Waals surface area contributed by atoms with E-state index in [1.807, 2.05) is 0 Å². The fraction of sp³-hybridized carbons (Fsp3) is 0.500. The zero-order valence-corrected chi connectivity index (χ0v) is 8.43. The van der Waals surface area contributed by atoms with Crippen molar-refractivity contribution in [2.24, 2.45) is 5.73 Å². The topological polar surface area (TPSA) is 26.0 Å². The number of fused-ring (bicyclic) bond motifs is 1. The van der Waals surface area contributed by atoms with Crippen LogP contribution >= 0.6 is 0 Å². The highest BCUT2D eigenvalue weighted by molar-refractivity contribution is 5.41. The summed E-state index contributed by atoms with van der Waals surface area (Å²) < 4.78 is 0. The largest absolute Gasteiger partial charge is 0.324 e. The van der Waals surface area contributed by atoms with Gasteiger partial charge in [-0.3, -0.25) is 0 Å². The zero-order chi connectivity index (χ0) is 9.42. The van der Waals surface area contributed by atoms with E-state index in [4.69, 9.17) is 5.73 Å². The molecule has 0 saturated carbocycles. The normalized spacial score (nSPS) is 21.3. The second-order valence-electron chi connectivity index (χ2n) is 4.15. The molecule has 2 N–H and O–H groups in total. The van der Waals surface area contributed by atoms with Gasteiger partial charge in [-0.1, -0.05) is 17.7 Å². The van der Waals surface area contributed by atoms with Crippen LogP contribution in [0.3, 0.4) is 0 Å². The quantitative estimate of drug-likeness (QED) is 0.644. The number of rotatable bonds is 0. The molecule has 0 aromatic heterocycles. The minimum atomic E-state index is 0.282. The Morgan fingerprint density at radius 1 is 1.31 bits per heavy atom. The molecule has 0 amide bonds. The Balaban J connectivity index is 2.56. The molecule has 1 aliphatic rings. The molecule has 1 heteroatoms. The number of hydrogen-bond acceptors (Lipinski definition) is 1. The number of nitrogens with two attached hydrogens (primary N) is 1. The van der Waals surface area contributed by atoms with E-state index in [9.17, 15) is 0 Å². The summed E-state index contributed by atoms with van der Waals surface area (Å²) in [5.74, 6) is 0. The Labute approximate surface area is 80.0 Å². The van der Waals surface area contributed by atoms with Crippen molar-refractivity contribution in [1.82, 2.24) is 0 Å². The molecular formula is C12H17N. The Kier molecular flexibility index (Phi) is 2.12. The molecule has 13 heavy (non-hydrogen) atoms. The summed E-state index contributed by atoms with van der Waals surface area (Å²) in [4.78, 5) is 0. The standard InChI is InChI=1S/C12H17N/c1-8-6-9(2)12-10(7-8)4-3-5-11(12)13/h6-7,11H,3-5,13H2,1-2H3. The van der Waals surface area contributed by atoms with E-state index in [1.54, 1.807) is 0 Å². The summed E-state index contributed by atoms with van der Waals surface area (Å²) >= 11 is 0. The highest BCUT2D eigenvalue weighted by Gasteiger charge is 2.18. The van der Waals surface area contributed by atoms with Crippen LogP contribution in [0.5, 0.6) is 0 Å². The van der Waals surface area contributed by atoms with Crippen molar-refractivity contribution >= 4 is 0 Å². The second-order valence-corrected chi connectivity index (χ2v) is 4.15. The minimum absolute atomic E-state index is 0.282. The number of benzene rings is 1. The van der Waals surface area contributed by atoms with Crippen molar-refractivity contribution in [2.45, 2.75) is 39.2 Å². The molecule has 0 heterocycles.